The number of halogens is 2. The summed E-state index contributed by atoms with van der Waals surface area (Å²) in [7, 11) is 0. The average molecular weight is 482 g/mol. The number of ketones is 1. The van der Waals surface area contributed by atoms with Crippen LogP contribution in [0.4, 0.5) is 5.13 Å². The van der Waals surface area contributed by atoms with Crippen LogP contribution < -0.4 is 4.90 Å². The number of hydrogen-bond acceptors (Lipinski definition) is 6. The summed E-state index contributed by atoms with van der Waals surface area (Å²) in [6.45, 7) is 0. The average Bonchev–Trinajstić information content (AvgIpc) is 3.34. The largest absolute Gasteiger partial charge is 0.503 e. The highest BCUT2D eigenvalue weighted by Crippen LogP contribution is 2.44. The molecule has 1 aliphatic heterocycles. The molecule has 2 aromatic carbocycles. The van der Waals surface area contributed by atoms with Crippen LogP contribution in [0.3, 0.4) is 0 Å². The van der Waals surface area contributed by atoms with E-state index < -0.39 is 23.5 Å². The maximum absolute atomic E-state index is 13.4. The van der Waals surface area contributed by atoms with Gasteiger partial charge in [-0.15, -0.1) is 0 Å². The summed E-state index contributed by atoms with van der Waals surface area (Å²) in [5.41, 5.74) is 1.36. The Morgan fingerprint density at radius 3 is 2.53 bits per heavy atom. The molecule has 0 spiro atoms. The Morgan fingerprint density at radius 2 is 1.84 bits per heavy atom. The Hall–Kier alpha value is -3.26. The minimum absolute atomic E-state index is 0.0457. The molecule has 0 bridgehead atoms. The lowest BCUT2D eigenvalue weighted by Crippen LogP contribution is -2.31. The number of aromatic nitrogens is 2. The van der Waals surface area contributed by atoms with Gasteiger partial charge in [-0.3, -0.25) is 19.5 Å². The van der Waals surface area contributed by atoms with Crippen molar-refractivity contribution in [2.75, 3.05) is 4.90 Å². The smallest absolute Gasteiger partial charge is 0.296 e. The number of benzene rings is 2. The highest BCUT2D eigenvalue weighted by molar-refractivity contribution is 7.22. The number of anilines is 1. The van der Waals surface area contributed by atoms with Crippen molar-refractivity contribution in [2.45, 2.75) is 6.04 Å². The van der Waals surface area contributed by atoms with Crippen molar-refractivity contribution < 1.29 is 14.7 Å². The number of hydrogen-bond donors (Lipinski definition) is 1. The first-order valence-corrected chi connectivity index (χ1v) is 11.0. The van der Waals surface area contributed by atoms with E-state index in [4.69, 9.17) is 23.2 Å². The van der Waals surface area contributed by atoms with Crippen LogP contribution in [0.15, 0.2) is 78.3 Å². The Bertz CT molecular complexity index is 1400. The fraction of sp³-hybridized carbons (Fsp3) is 0.0435. The van der Waals surface area contributed by atoms with Crippen LogP contribution in [0.2, 0.25) is 10.0 Å². The molecule has 0 aliphatic carbocycles. The van der Waals surface area contributed by atoms with Gasteiger partial charge in [0.1, 0.15) is 5.52 Å². The van der Waals surface area contributed by atoms with Gasteiger partial charge in [0.2, 0.25) is 0 Å². The molecule has 4 aromatic rings. The summed E-state index contributed by atoms with van der Waals surface area (Å²) in [6, 6.07) is 14.4. The van der Waals surface area contributed by atoms with E-state index in [0.717, 1.165) is 4.70 Å². The summed E-state index contributed by atoms with van der Waals surface area (Å²) >= 11 is 13.6. The molecule has 158 valence electrons. The van der Waals surface area contributed by atoms with E-state index in [2.05, 4.69) is 9.97 Å². The first-order chi connectivity index (χ1) is 15.5. The van der Waals surface area contributed by atoms with Crippen LogP contribution in [0.25, 0.3) is 10.2 Å². The van der Waals surface area contributed by atoms with Gasteiger partial charge >= 0.3 is 0 Å². The van der Waals surface area contributed by atoms with Crippen molar-refractivity contribution in [1.82, 2.24) is 9.97 Å². The summed E-state index contributed by atoms with van der Waals surface area (Å²) in [4.78, 5) is 36.4. The van der Waals surface area contributed by atoms with E-state index in [0.29, 0.717) is 26.3 Å². The zero-order valence-corrected chi connectivity index (χ0v) is 18.5. The predicted molar refractivity (Wildman–Crippen MR) is 125 cm³/mol. The Balaban J connectivity index is 1.69. The molecule has 3 heterocycles. The van der Waals surface area contributed by atoms with E-state index in [1.54, 1.807) is 54.7 Å². The van der Waals surface area contributed by atoms with Gasteiger partial charge in [-0.2, -0.15) is 0 Å². The molecular weight excluding hydrogens is 469 g/mol. The number of para-hydroxylation sites is 1. The van der Waals surface area contributed by atoms with Gasteiger partial charge in [-0.25, -0.2) is 4.98 Å². The number of pyridine rings is 1. The number of aliphatic hydroxyl groups excluding tert-OH is 1. The maximum atomic E-state index is 13.4. The number of nitrogens with zero attached hydrogens (tertiary/aromatic N) is 3. The van der Waals surface area contributed by atoms with Gasteiger partial charge in [0.05, 0.1) is 21.3 Å². The zero-order valence-electron chi connectivity index (χ0n) is 16.2. The SMILES string of the molecule is O=C(C1=C(O)C(=O)N(c2nc3c(Cl)cccc3s2)C1c1ccc(Cl)cc1)c1cccnc1. The standard InChI is InChI=1S/C23H13Cl2N3O3S/c24-14-8-6-12(7-9-14)19-17(20(29)13-3-2-10-26-11-13)21(30)22(31)28(19)23-27-18-15(25)4-1-5-16(18)32-23/h1-11,19,30H. The molecule has 5 rings (SSSR count). The molecule has 0 saturated heterocycles. The van der Waals surface area contributed by atoms with Crippen molar-refractivity contribution in [1.29, 1.82) is 0 Å². The quantitative estimate of drug-likeness (QED) is 0.373. The zero-order chi connectivity index (χ0) is 22.4. The molecule has 1 atom stereocenters. The second-order valence-electron chi connectivity index (χ2n) is 7.05. The van der Waals surface area contributed by atoms with Gasteiger partial charge in [0.25, 0.3) is 5.91 Å². The molecule has 1 amide bonds. The Morgan fingerprint density at radius 1 is 1.06 bits per heavy atom. The van der Waals surface area contributed by atoms with E-state index >= 15 is 0 Å². The molecule has 1 aliphatic rings. The van der Waals surface area contributed by atoms with Crippen LogP contribution >= 0.6 is 34.5 Å². The minimum Gasteiger partial charge on any atom is -0.503 e. The Kier molecular flexibility index (Phi) is 5.17. The first-order valence-electron chi connectivity index (χ1n) is 9.47. The molecule has 0 radical (unpaired) electrons. The van der Waals surface area contributed by atoms with Crippen LogP contribution in [0.5, 0.6) is 0 Å². The number of rotatable bonds is 4. The topological polar surface area (TPSA) is 83.4 Å². The van der Waals surface area contributed by atoms with Crippen molar-refractivity contribution in [3.05, 3.63) is 99.5 Å². The molecule has 1 N–H and O–H groups in total. The fourth-order valence-corrected chi connectivity index (χ4v) is 5.07. The second-order valence-corrected chi connectivity index (χ2v) is 8.90. The number of amides is 1. The lowest BCUT2D eigenvalue weighted by Gasteiger charge is -2.24. The Labute approximate surface area is 196 Å². The number of carbonyl (C=O) groups is 2. The molecule has 6 nitrogen and oxygen atoms in total. The van der Waals surface area contributed by atoms with Crippen molar-refractivity contribution in [3.63, 3.8) is 0 Å². The van der Waals surface area contributed by atoms with Crippen LogP contribution in [0, 0.1) is 0 Å². The lowest BCUT2D eigenvalue weighted by molar-refractivity contribution is -0.117. The molecule has 0 saturated carbocycles. The summed E-state index contributed by atoms with van der Waals surface area (Å²) < 4.78 is 0.779. The highest BCUT2D eigenvalue weighted by Gasteiger charge is 2.46. The number of aliphatic hydroxyl groups is 1. The second kappa shape index (κ2) is 8.02. The molecule has 1 unspecified atom stereocenters. The third-order valence-electron chi connectivity index (χ3n) is 5.13. The number of carbonyl (C=O) groups excluding carboxylic acids is 2. The van der Waals surface area contributed by atoms with E-state index in [9.17, 15) is 14.7 Å². The van der Waals surface area contributed by atoms with Gasteiger partial charge in [0.15, 0.2) is 16.7 Å². The number of thiazole rings is 1. The third-order valence-corrected chi connectivity index (χ3v) is 6.70. The normalized spacial score (nSPS) is 16.2. The van der Waals surface area contributed by atoms with Crippen LogP contribution in [0.1, 0.15) is 22.0 Å². The van der Waals surface area contributed by atoms with Crippen LogP contribution in [-0.2, 0) is 4.79 Å². The monoisotopic (exact) mass is 481 g/mol. The van der Waals surface area contributed by atoms with E-state index in [1.807, 2.05) is 6.07 Å². The van der Waals surface area contributed by atoms with Gasteiger partial charge in [-0.05, 0) is 42.0 Å². The third kappa shape index (κ3) is 3.35. The number of Topliss-reactive ketones (excluding diaryl/α,β-unsaturated/α-hetero) is 1. The van der Waals surface area contributed by atoms with Gasteiger partial charge in [0, 0.05) is 23.0 Å². The summed E-state index contributed by atoms with van der Waals surface area (Å²) in [5, 5.41) is 12.1. The van der Waals surface area contributed by atoms with Gasteiger partial charge < -0.3 is 5.11 Å². The molecule has 32 heavy (non-hydrogen) atoms. The number of fused-ring (bicyclic) bond motifs is 1. The molecule has 0 fully saturated rings. The van der Waals surface area contributed by atoms with Crippen molar-refractivity contribution >= 4 is 61.6 Å². The van der Waals surface area contributed by atoms with Crippen LogP contribution in [-0.4, -0.2) is 26.8 Å². The predicted octanol–water partition coefficient (Wildman–Crippen LogP) is 5.78. The lowest BCUT2D eigenvalue weighted by atomic mass is 9.93. The molecule has 9 heteroatoms. The van der Waals surface area contributed by atoms with E-state index in [-0.39, 0.29) is 11.1 Å². The first kappa shape index (κ1) is 20.6. The molecular formula is C23H13Cl2N3O3S. The van der Waals surface area contributed by atoms with Gasteiger partial charge in [-0.1, -0.05) is 52.7 Å². The van der Waals surface area contributed by atoms with E-state index in [1.165, 1.54) is 22.4 Å². The summed E-state index contributed by atoms with van der Waals surface area (Å²) in [5.74, 6) is -1.83. The summed E-state index contributed by atoms with van der Waals surface area (Å²) in [6.07, 6.45) is 2.94. The van der Waals surface area contributed by atoms with Crippen molar-refractivity contribution in [3.8, 4) is 0 Å². The molecule has 2 aromatic heterocycles. The van der Waals surface area contributed by atoms with Crippen molar-refractivity contribution in [2.24, 2.45) is 0 Å². The minimum atomic E-state index is -0.896. The maximum Gasteiger partial charge on any atom is 0.296 e. The fourth-order valence-electron chi connectivity index (χ4n) is 3.65. The highest BCUT2D eigenvalue weighted by atomic mass is 35.5.